The molecular weight excluding hydrogens is 1050 g/mol. The second-order valence-electron chi connectivity index (χ2n) is 22.6. The van der Waals surface area contributed by atoms with Crippen molar-refractivity contribution in [3.8, 4) is 0 Å². The fourth-order valence-corrected chi connectivity index (χ4v) is 8.44. The first-order chi connectivity index (χ1) is 41.6. The molecule has 0 aliphatic rings. The van der Waals surface area contributed by atoms with Crippen LogP contribution in [0.4, 0.5) is 0 Å². The fraction of sp³-hybridized carbons (Fsp3) is 0.592. The van der Waals surface area contributed by atoms with Gasteiger partial charge in [-0.2, -0.15) is 0 Å². The highest BCUT2D eigenvalue weighted by molar-refractivity contribution is 5.70. The Bertz CT molecular complexity index is 2000. The number of carbonyl (C=O) groups excluding carboxylic acids is 3. The zero-order valence-corrected chi connectivity index (χ0v) is 54.4. The largest absolute Gasteiger partial charge is 0.545 e. The molecule has 0 radical (unpaired) electrons. The van der Waals surface area contributed by atoms with Crippen molar-refractivity contribution in [2.75, 3.05) is 47.5 Å². The molecule has 0 saturated carbocycles. The fourth-order valence-electron chi connectivity index (χ4n) is 8.44. The summed E-state index contributed by atoms with van der Waals surface area (Å²) in [7, 11) is 5.91. The Morgan fingerprint density at radius 1 is 0.353 bits per heavy atom. The number of likely N-dealkylation sites (N-methyl/N-ethyl adjacent to an activating group) is 1. The van der Waals surface area contributed by atoms with Crippen LogP contribution in [-0.2, 0) is 33.3 Å². The van der Waals surface area contributed by atoms with E-state index in [0.29, 0.717) is 23.9 Å². The number of nitrogens with zero attached hydrogens (tertiary/aromatic N) is 1. The van der Waals surface area contributed by atoms with Gasteiger partial charge in [-0.3, -0.25) is 9.59 Å². The maximum Gasteiger partial charge on any atom is 0.306 e. The number of hydrogen-bond donors (Lipinski definition) is 0. The maximum atomic E-state index is 12.9. The van der Waals surface area contributed by atoms with Gasteiger partial charge in [0.15, 0.2) is 12.4 Å². The van der Waals surface area contributed by atoms with Gasteiger partial charge in [-0.05, 0) is 128 Å². The van der Waals surface area contributed by atoms with Gasteiger partial charge in [0.05, 0.1) is 40.3 Å². The van der Waals surface area contributed by atoms with Crippen molar-refractivity contribution in [3.63, 3.8) is 0 Å². The van der Waals surface area contributed by atoms with Crippen LogP contribution < -0.4 is 5.11 Å². The third-order valence-corrected chi connectivity index (χ3v) is 13.5. The molecule has 2 unspecified atom stereocenters. The van der Waals surface area contributed by atoms with E-state index in [9.17, 15) is 19.5 Å². The predicted octanol–water partition coefficient (Wildman–Crippen LogP) is 19.3. The van der Waals surface area contributed by atoms with Crippen LogP contribution in [0.3, 0.4) is 0 Å². The molecule has 0 amide bonds. The van der Waals surface area contributed by atoms with Gasteiger partial charge in [-0.1, -0.05) is 261 Å². The van der Waals surface area contributed by atoms with Gasteiger partial charge in [-0.25, -0.2) is 0 Å². The zero-order valence-electron chi connectivity index (χ0n) is 54.4. The van der Waals surface area contributed by atoms with E-state index < -0.39 is 24.3 Å². The summed E-state index contributed by atoms with van der Waals surface area (Å²) in [4.78, 5) is 37.4. The number of allylic oxidation sites excluding steroid dienone is 28. The van der Waals surface area contributed by atoms with Crippen LogP contribution >= 0.6 is 0 Å². The zero-order chi connectivity index (χ0) is 61.9. The molecule has 0 aromatic rings. The van der Waals surface area contributed by atoms with Crippen LogP contribution in [0.2, 0.25) is 0 Å². The lowest BCUT2D eigenvalue weighted by atomic mass is 10.0. The molecule has 9 heteroatoms. The summed E-state index contributed by atoms with van der Waals surface area (Å²) in [5.74, 6) is -2.33. The molecule has 0 fully saturated rings. The number of esters is 2. The van der Waals surface area contributed by atoms with Gasteiger partial charge >= 0.3 is 11.9 Å². The average Bonchev–Trinajstić information content (AvgIpc) is 3.49. The van der Waals surface area contributed by atoms with E-state index in [2.05, 4.69) is 184 Å². The van der Waals surface area contributed by atoms with Crippen molar-refractivity contribution < 1.29 is 42.9 Å². The Labute approximate surface area is 520 Å². The first kappa shape index (κ1) is 79.7. The molecule has 0 rings (SSSR count). The summed E-state index contributed by atoms with van der Waals surface area (Å²) in [6, 6.07) is 0. The molecule has 0 heterocycles. The van der Waals surface area contributed by atoms with E-state index in [0.717, 1.165) is 148 Å². The van der Waals surface area contributed by atoms with Crippen LogP contribution in [0.5, 0.6) is 0 Å². The molecule has 85 heavy (non-hydrogen) atoms. The number of rotatable bonds is 59. The molecule has 9 nitrogen and oxygen atoms in total. The van der Waals surface area contributed by atoms with Gasteiger partial charge < -0.3 is 33.3 Å². The van der Waals surface area contributed by atoms with Crippen LogP contribution in [-0.4, -0.2) is 82.3 Å². The standard InChI is InChI=1S/C76H121NO8/c1-6-8-10-12-14-16-18-20-22-24-26-28-29-30-31-32-33-34-35-36-37-38-39-40-41-42-43-44-45-47-49-51-53-55-57-59-61-63-65-67-74(79)85-72(71-84-76(75(80)81)82-69-68-77(3,4)5)70-83-73(78)66-64-62-60-58-56-54-52-50-48-46-27-25-23-21-19-17-15-13-11-9-7-2/h8-11,14-17,20-23,26-28,30-31,33-34,36-37,39-40,42-43,46,50,52,72,76H,6-7,12-13,18-19,24-25,29,32,35,38,41,44-45,47-49,51,53-71H2,1-5H3/b10-8-,11-9-,16-14-,17-15-,22-20-,23-21-,28-26-,31-30-,34-33-,37-36-,40-39-,43-42-,46-27-,52-50-. The summed E-state index contributed by atoms with van der Waals surface area (Å²) in [5, 5.41) is 11.8. The van der Waals surface area contributed by atoms with Crippen molar-refractivity contribution in [2.45, 2.75) is 245 Å². The number of carboxylic acid groups (broad SMARTS) is 1. The third-order valence-electron chi connectivity index (χ3n) is 13.5. The van der Waals surface area contributed by atoms with Crippen LogP contribution in [0.15, 0.2) is 170 Å². The first-order valence-corrected chi connectivity index (χ1v) is 33.3. The van der Waals surface area contributed by atoms with Gasteiger partial charge in [-0.15, -0.1) is 0 Å². The molecule has 0 aromatic heterocycles. The van der Waals surface area contributed by atoms with Gasteiger partial charge in [0.2, 0.25) is 0 Å². The summed E-state index contributed by atoms with van der Waals surface area (Å²) in [6.45, 7) is 4.47. The number of carbonyl (C=O) groups is 3. The van der Waals surface area contributed by atoms with Gasteiger partial charge in [0, 0.05) is 12.8 Å². The highest BCUT2D eigenvalue weighted by atomic mass is 16.7. The second kappa shape index (κ2) is 64.6. The Hall–Kier alpha value is -5.35. The maximum absolute atomic E-state index is 12.9. The number of unbranched alkanes of at least 4 members (excludes halogenated alkanes) is 16. The van der Waals surface area contributed by atoms with Crippen LogP contribution in [0.25, 0.3) is 0 Å². The molecule has 0 saturated heterocycles. The van der Waals surface area contributed by atoms with E-state index in [1.165, 1.54) is 44.9 Å². The second-order valence-corrected chi connectivity index (χ2v) is 22.6. The highest BCUT2D eigenvalue weighted by Crippen LogP contribution is 2.15. The van der Waals surface area contributed by atoms with Crippen LogP contribution in [0.1, 0.15) is 232 Å². The van der Waals surface area contributed by atoms with Gasteiger partial charge in [0.25, 0.3) is 0 Å². The molecule has 0 bridgehead atoms. The van der Waals surface area contributed by atoms with Crippen LogP contribution in [0, 0.1) is 0 Å². The normalized spacial score (nSPS) is 13.8. The average molecular weight is 1180 g/mol. The minimum Gasteiger partial charge on any atom is -0.545 e. The van der Waals surface area contributed by atoms with Crippen molar-refractivity contribution in [3.05, 3.63) is 170 Å². The lowest BCUT2D eigenvalue weighted by Crippen LogP contribution is -2.44. The Balaban J connectivity index is 4.20. The van der Waals surface area contributed by atoms with Gasteiger partial charge in [0.1, 0.15) is 13.2 Å². The number of quaternary nitrogens is 1. The predicted molar refractivity (Wildman–Crippen MR) is 361 cm³/mol. The SMILES string of the molecule is CC/C=C\C/C=C\C/C=C\C/C=C\C/C=C\C/C=C\C/C=C\C/C=C\C/C=C\CCCCCCCCCCCCCC(=O)OC(COC(=O)CCCCCCC/C=C\C/C=C\C/C=C\C/C=C\C/C=C\CC)COC(OCC[N+](C)(C)C)C(=O)[O-]. The number of carboxylic acids is 1. The van der Waals surface area contributed by atoms with Crippen molar-refractivity contribution in [1.82, 2.24) is 0 Å². The smallest absolute Gasteiger partial charge is 0.306 e. The lowest BCUT2D eigenvalue weighted by molar-refractivity contribution is -0.870. The summed E-state index contributed by atoms with van der Waals surface area (Å²) >= 11 is 0. The summed E-state index contributed by atoms with van der Waals surface area (Å²) < 4.78 is 22.7. The first-order valence-electron chi connectivity index (χ1n) is 33.3. The Morgan fingerprint density at radius 2 is 0.635 bits per heavy atom. The minimum absolute atomic E-state index is 0.135. The number of aliphatic carboxylic acids is 1. The molecule has 0 spiro atoms. The molecule has 0 aliphatic carbocycles. The molecule has 0 N–H and O–H groups in total. The number of hydrogen-bond acceptors (Lipinski definition) is 8. The molecule has 478 valence electrons. The molecule has 2 atom stereocenters. The molecule has 0 aliphatic heterocycles. The summed E-state index contributed by atoms with van der Waals surface area (Å²) in [6.07, 6.45) is 94.2. The Kier molecular flexibility index (Phi) is 60.6. The molecular formula is C76H121NO8. The lowest BCUT2D eigenvalue weighted by Gasteiger charge is -2.26. The van der Waals surface area contributed by atoms with E-state index >= 15 is 0 Å². The quantitative estimate of drug-likeness (QED) is 0.0195. The topological polar surface area (TPSA) is 111 Å². The molecule has 0 aromatic carbocycles. The summed E-state index contributed by atoms with van der Waals surface area (Å²) in [5.41, 5.74) is 0. The van der Waals surface area contributed by atoms with Crippen molar-refractivity contribution in [2.24, 2.45) is 0 Å². The third kappa shape index (κ3) is 66.0. The van der Waals surface area contributed by atoms with E-state index in [1.807, 2.05) is 21.1 Å². The van der Waals surface area contributed by atoms with Crippen molar-refractivity contribution >= 4 is 17.9 Å². The highest BCUT2D eigenvalue weighted by Gasteiger charge is 2.22. The minimum atomic E-state index is -1.64. The van der Waals surface area contributed by atoms with E-state index in [1.54, 1.807) is 0 Å². The Morgan fingerprint density at radius 3 is 0.941 bits per heavy atom. The number of ether oxygens (including phenoxy) is 4. The van der Waals surface area contributed by atoms with Crippen molar-refractivity contribution in [1.29, 1.82) is 0 Å². The van der Waals surface area contributed by atoms with E-state index in [-0.39, 0.29) is 38.6 Å². The monoisotopic (exact) mass is 1180 g/mol. The van der Waals surface area contributed by atoms with E-state index in [4.69, 9.17) is 18.9 Å².